The van der Waals surface area contributed by atoms with Crippen molar-refractivity contribution in [1.29, 1.82) is 0 Å². The molecule has 1 aliphatic rings. The molecule has 0 radical (unpaired) electrons. The van der Waals surface area contributed by atoms with Gasteiger partial charge in [-0.1, -0.05) is 6.92 Å². The van der Waals surface area contributed by atoms with Crippen LogP contribution in [0.2, 0.25) is 0 Å². The number of rotatable bonds is 2. The van der Waals surface area contributed by atoms with Crippen LogP contribution in [0.15, 0.2) is 0 Å². The molecule has 1 atom stereocenters. The van der Waals surface area contributed by atoms with Crippen LogP contribution >= 0.6 is 11.8 Å². The smallest absolute Gasteiger partial charge is 0.0186 e. The predicted octanol–water partition coefficient (Wildman–Crippen LogP) is 1.44. The molecule has 0 aromatic rings. The number of hydrogen-bond donors (Lipinski definition) is 0. The molecule has 0 aromatic carbocycles. The van der Waals surface area contributed by atoms with E-state index < -0.39 is 0 Å². The monoisotopic (exact) mass is 145 g/mol. The van der Waals surface area contributed by atoms with Gasteiger partial charge in [0.1, 0.15) is 0 Å². The van der Waals surface area contributed by atoms with E-state index in [9.17, 15) is 0 Å². The molecule has 1 heterocycles. The molecule has 0 aromatic heterocycles. The quantitative estimate of drug-likeness (QED) is 0.578. The van der Waals surface area contributed by atoms with E-state index in [1.54, 1.807) is 0 Å². The van der Waals surface area contributed by atoms with E-state index >= 15 is 0 Å². The Morgan fingerprint density at radius 3 is 2.89 bits per heavy atom. The third kappa shape index (κ3) is 2.18. The number of likely N-dealkylation sites (tertiary alicyclic amines) is 1. The highest BCUT2D eigenvalue weighted by atomic mass is 32.2. The zero-order valence-corrected chi connectivity index (χ0v) is 7.08. The first-order valence-electron chi connectivity index (χ1n) is 3.63. The number of thioether (sulfide) groups is 1. The van der Waals surface area contributed by atoms with Crippen LogP contribution in [0.4, 0.5) is 0 Å². The molecule has 1 nitrogen and oxygen atoms in total. The lowest BCUT2D eigenvalue weighted by Gasteiger charge is -2.07. The molecule has 1 rings (SSSR count). The van der Waals surface area contributed by atoms with E-state index in [0.717, 1.165) is 5.25 Å². The molecule has 2 heteroatoms. The maximum Gasteiger partial charge on any atom is 0.0186 e. The van der Waals surface area contributed by atoms with Gasteiger partial charge in [0, 0.05) is 11.8 Å². The van der Waals surface area contributed by atoms with Gasteiger partial charge in [0.15, 0.2) is 0 Å². The zero-order valence-electron chi connectivity index (χ0n) is 6.26. The Kier molecular flexibility index (Phi) is 2.86. The summed E-state index contributed by atoms with van der Waals surface area (Å²) in [6.45, 7) is 4.85. The van der Waals surface area contributed by atoms with E-state index in [2.05, 4.69) is 30.6 Å². The van der Waals surface area contributed by atoms with Crippen LogP contribution in [0, 0.1) is 0 Å². The van der Waals surface area contributed by atoms with E-state index in [1.165, 1.54) is 25.3 Å². The van der Waals surface area contributed by atoms with Gasteiger partial charge in [0.05, 0.1) is 0 Å². The lowest BCUT2D eigenvalue weighted by molar-refractivity contribution is 0.419. The Bertz CT molecular complexity index is 83.0. The normalized spacial score (nSPS) is 29.3. The SMILES string of the molecule is CCSC1CCN(C)C1. The highest BCUT2D eigenvalue weighted by Crippen LogP contribution is 2.20. The minimum atomic E-state index is 0.931. The molecule has 54 valence electrons. The van der Waals surface area contributed by atoms with Gasteiger partial charge in [-0.3, -0.25) is 0 Å². The molecule has 0 spiro atoms. The maximum atomic E-state index is 2.41. The summed E-state index contributed by atoms with van der Waals surface area (Å²) in [4.78, 5) is 2.41. The summed E-state index contributed by atoms with van der Waals surface area (Å²) in [5.41, 5.74) is 0. The second kappa shape index (κ2) is 3.47. The molecule has 1 saturated heterocycles. The second-order valence-electron chi connectivity index (χ2n) is 2.63. The van der Waals surface area contributed by atoms with E-state index in [0.29, 0.717) is 0 Å². The van der Waals surface area contributed by atoms with Crippen molar-refractivity contribution in [1.82, 2.24) is 4.90 Å². The highest BCUT2D eigenvalue weighted by molar-refractivity contribution is 7.99. The summed E-state index contributed by atoms with van der Waals surface area (Å²) in [7, 11) is 2.20. The molecule has 1 unspecified atom stereocenters. The van der Waals surface area contributed by atoms with Crippen molar-refractivity contribution in [2.24, 2.45) is 0 Å². The Balaban J connectivity index is 2.14. The molecular formula is C7H15NS. The van der Waals surface area contributed by atoms with Crippen molar-refractivity contribution in [2.45, 2.75) is 18.6 Å². The number of hydrogen-bond acceptors (Lipinski definition) is 2. The van der Waals surface area contributed by atoms with Gasteiger partial charge < -0.3 is 4.90 Å². The second-order valence-corrected chi connectivity index (χ2v) is 4.21. The summed E-state index contributed by atoms with van der Waals surface area (Å²) in [5.74, 6) is 1.28. The lowest BCUT2D eigenvalue weighted by atomic mass is 10.4. The van der Waals surface area contributed by atoms with Gasteiger partial charge in [0.2, 0.25) is 0 Å². The Labute approximate surface area is 61.8 Å². The summed E-state index contributed by atoms with van der Waals surface area (Å²) >= 11 is 2.10. The van der Waals surface area contributed by atoms with Crippen LogP contribution in [0.1, 0.15) is 13.3 Å². The first-order chi connectivity index (χ1) is 4.33. The van der Waals surface area contributed by atoms with Crippen LogP contribution in [0.5, 0.6) is 0 Å². The fourth-order valence-electron chi connectivity index (χ4n) is 1.27. The van der Waals surface area contributed by atoms with Crippen molar-refractivity contribution in [2.75, 3.05) is 25.9 Å². The Morgan fingerprint density at radius 1 is 1.67 bits per heavy atom. The van der Waals surface area contributed by atoms with E-state index in [1.807, 2.05) is 0 Å². The van der Waals surface area contributed by atoms with Gasteiger partial charge >= 0.3 is 0 Å². The van der Waals surface area contributed by atoms with Crippen molar-refractivity contribution >= 4 is 11.8 Å². The minimum Gasteiger partial charge on any atom is -0.305 e. The van der Waals surface area contributed by atoms with Gasteiger partial charge in [-0.05, 0) is 25.8 Å². The van der Waals surface area contributed by atoms with Crippen LogP contribution < -0.4 is 0 Å². The highest BCUT2D eigenvalue weighted by Gasteiger charge is 2.18. The third-order valence-electron chi connectivity index (χ3n) is 1.75. The average molecular weight is 145 g/mol. The third-order valence-corrected chi connectivity index (χ3v) is 2.94. The van der Waals surface area contributed by atoms with Crippen molar-refractivity contribution in [3.8, 4) is 0 Å². The van der Waals surface area contributed by atoms with Crippen LogP contribution in [0.25, 0.3) is 0 Å². The number of nitrogens with zero attached hydrogens (tertiary/aromatic N) is 1. The molecule has 0 saturated carbocycles. The first-order valence-corrected chi connectivity index (χ1v) is 4.68. The van der Waals surface area contributed by atoms with Gasteiger partial charge in [-0.15, -0.1) is 0 Å². The zero-order chi connectivity index (χ0) is 6.69. The topological polar surface area (TPSA) is 3.24 Å². The maximum absolute atomic E-state index is 2.41. The molecule has 0 bridgehead atoms. The molecule has 9 heavy (non-hydrogen) atoms. The van der Waals surface area contributed by atoms with E-state index in [4.69, 9.17) is 0 Å². The van der Waals surface area contributed by atoms with Crippen molar-refractivity contribution < 1.29 is 0 Å². The fourth-order valence-corrected chi connectivity index (χ4v) is 2.37. The van der Waals surface area contributed by atoms with E-state index in [-0.39, 0.29) is 0 Å². The predicted molar refractivity (Wildman–Crippen MR) is 44.0 cm³/mol. The molecule has 0 amide bonds. The van der Waals surface area contributed by atoms with Crippen LogP contribution in [-0.4, -0.2) is 36.0 Å². The summed E-state index contributed by atoms with van der Waals surface area (Å²) in [6.07, 6.45) is 1.40. The first kappa shape index (κ1) is 7.42. The molecule has 0 N–H and O–H groups in total. The average Bonchev–Trinajstić information content (AvgIpc) is 2.17. The minimum absolute atomic E-state index is 0.931. The van der Waals surface area contributed by atoms with Crippen LogP contribution in [-0.2, 0) is 0 Å². The Hall–Kier alpha value is 0.310. The van der Waals surface area contributed by atoms with Crippen molar-refractivity contribution in [3.05, 3.63) is 0 Å². The fraction of sp³-hybridized carbons (Fsp3) is 1.00. The molecule has 1 fully saturated rings. The van der Waals surface area contributed by atoms with Gasteiger partial charge in [-0.2, -0.15) is 11.8 Å². The van der Waals surface area contributed by atoms with Gasteiger partial charge in [-0.25, -0.2) is 0 Å². The van der Waals surface area contributed by atoms with Gasteiger partial charge in [0.25, 0.3) is 0 Å². The summed E-state index contributed by atoms with van der Waals surface area (Å²) < 4.78 is 0. The van der Waals surface area contributed by atoms with Crippen molar-refractivity contribution in [3.63, 3.8) is 0 Å². The summed E-state index contributed by atoms with van der Waals surface area (Å²) in [6, 6.07) is 0. The summed E-state index contributed by atoms with van der Waals surface area (Å²) in [5, 5.41) is 0.931. The van der Waals surface area contributed by atoms with Crippen LogP contribution in [0.3, 0.4) is 0 Å². The lowest BCUT2D eigenvalue weighted by Crippen LogP contribution is -2.14. The largest absolute Gasteiger partial charge is 0.305 e. The standard InChI is InChI=1S/C7H15NS/c1-3-9-7-4-5-8(2)6-7/h7H,3-6H2,1-2H3. The molecular weight excluding hydrogens is 130 g/mol. The Morgan fingerprint density at radius 2 is 2.44 bits per heavy atom. The molecule has 1 aliphatic heterocycles. The molecule has 0 aliphatic carbocycles.